The average molecular weight is 239 g/mol. The maximum absolute atomic E-state index is 5.99. The van der Waals surface area contributed by atoms with Gasteiger partial charge in [-0.2, -0.15) is 0 Å². The van der Waals surface area contributed by atoms with Crippen LogP contribution in [0.3, 0.4) is 0 Å². The van der Waals surface area contributed by atoms with Gasteiger partial charge in [-0.3, -0.25) is 0 Å². The molecular formula is C12H21N3S. The third-order valence-corrected chi connectivity index (χ3v) is 5.03. The third kappa shape index (κ3) is 2.28. The van der Waals surface area contributed by atoms with Crippen LogP contribution in [0.15, 0.2) is 0 Å². The zero-order chi connectivity index (χ0) is 11.6. The molecule has 2 N–H and O–H groups in total. The first-order chi connectivity index (χ1) is 7.65. The van der Waals surface area contributed by atoms with E-state index in [4.69, 9.17) is 5.73 Å². The number of aromatic nitrogens is 2. The van der Waals surface area contributed by atoms with Crippen molar-refractivity contribution in [2.45, 2.75) is 63.8 Å². The quantitative estimate of drug-likeness (QED) is 0.881. The van der Waals surface area contributed by atoms with Crippen LogP contribution in [-0.2, 0) is 5.41 Å². The van der Waals surface area contributed by atoms with Crippen LogP contribution in [0.1, 0.15) is 68.4 Å². The number of hydrogen-bond donors (Lipinski definition) is 1. The van der Waals surface area contributed by atoms with Crippen molar-refractivity contribution in [3.8, 4) is 0 Å². The maximum Gasteiger partial charge on any atom is 0.134 e. The van der Waals surface area contributed by atoms with E-state index in [-0.39, 0.29) is 11.5 Å². The van der Waals surface area contributed by atoms with Gasteiger partial charge in [0.25, 0.3) is 0 Å². The van der Waals surface area contributed by atoms with Crippen molar-refractivity contribution in [2.75, 3.05) is 0 Å². The second-order valence-corrected chi connectivity index (χ2v) is 6.09. The van der Waals surface area contributed by atoms with Gasteiger partial charge in [0.2, 0.25) is 0 Å². The van der Waals surface area contributed by atoms with E-state index in [0.29, 0.717) is 0 Å². The molecule has 1 aromatic heterocycles. The molecule has 0 saturated heterocycles. The van der Waals surface area contributed by atoms with E-state index in [1.807, 2.05) is 0 Å². The summed E-state index contributed by atoms with van der Waals surface area (Å²) in [6.07, 6.45) is 7.46. The van der Waals surface area contributed by atoms with Gasteiger partial charge in [-0.15, -0.1) is 10.2 Å². The van der Waals surface area contributed by atoms with E-state index in [0.717, 1.165) is 11.4 Å². The fraction of sp³-hybridized carbons (Fsp3) is 0.833. The van der Waals surface area contributed by atoms with Crippen LogP contribution >= 0.6 is 11.3 Å². The van der Waals surface area contributed by atoms with E-state index in [1.54, 1.807) is 11.3 Å². The molecule has 1 aromatic rings. The highest BCUT2D eigenvalue weighted by Gasteiger charge is 2.32. The number of hydrogen-bond acceptors (Lipinski definition) is 4. The predicted molar refractivity (Wildman–Crippen MR) is 67.6 cm³/mol. The summed E-state index contributed by atoms with van der Waals surface area (Å²) in [5, 5.41) is 10.8. The van der Waals surface area contributed by atoms with Crippen molar-refractivity contribution >= 4 is 11.3 Å². The lowest BCUT2D eigenvalue weighted by Gasteiger charge is -2.30. The first-order valence-corrected chi connectivity index (χ1v) is 7.07. The number of nitrogens with zero attached hydrogens (tertiary/aromatic N) is 2. The lowest BCUT2D eigenvalue weighted by Crippen LogP contribution is -2.24. The zero-order valence-corrected chi connectivity index (χ0v) is 11.0. The monoisotopic (exact) mass is 239 g/mol. The molecule has 4 heteroatoms. The Balaban J connectivity index is 2.17. The molecule has 0 radical (unpaired) electrons. The van der Waals surface area contributed by atoms with Crippen LogP contribution in [0.25, 0.3) is 0 Å². The Bertz CT molecular complexity index is 342. The molecule has 3 nitrogen and oxygen atoms in total. The fourth-order valence-electron chi connectivity index (χ4n) is 2.35. The van der Waals surface area contributed by atoms with Crippen LogP contribution in [0, 0.1) is 0 Å². The Morgan fingerprint density at radius 2 is 2.00 bits per heavy atom. The summed E-state index contributed by atoms with van der Waals surface area (Å²) in [7, 11) is 0. The SMILES string of the molecule is CCC(N)c1nnc(C2(C)CCCCC2)s1. The van der Waals surface area contributed by atoms with Crippen molar-refractivity contribution < 1.29 is 0 Å². The van der Waals surface area contributed by atoms with Crippen molar-refractivity contribution in [3.63, 3.8) is 0 Å². The lowest BCUT2D eigenvalue weighted by molar-refractivity contribution is 0.317. The highest BCUT2D eigenvalue weighted by atomic mass is 32.1. The van der Waals surface area contributed by atoms with Crippen LogP contribution < -0.4 is 5.73 Å². The van der Waals surface area contributed by atoms with Gasteiger partial charge < -0.3 is 5.73 Å². The van der Waals surface area contributed by atoms with E-state index in [9.17, 15) is 0 Å². The Morgan fingerprint density at radius 1 is 1.31 bits per heavy atom. The molecule has 1 heterocycles. The normalized spacial score (nSPS) is 21.9. The molecule has 0 bridgehead atoms. The molecule has 1 unspecified atom stereocenters. The Kier molecular flexibility index (Phi) is 3.60. The average Bonchev–Trinajstić information content (AvgIpc) is 2.79. The minimum atomic E-state index is 0.0680. The van der Waals surface area contributed by atoms with E-state index < -0.39 is 0 Å². The molecule has 0 spiro atoms. The number of nitrogens with two attached hydrogens (primary N) is 1. The van der Waals surface area contributed by atoms with Crippen molar-refractivity contribution in [3.05, 3.63) is 10.0 Å². The van der Waals surface area contributed by atoms with Crippen LogP contribution in [0.2, 0.25) is 0 Å². The van der Waals surface area contributed by atoms with Crippen LogP contribution in [0.4, 0.5) is 0 Å². The summed E-state index contributed by atoms with van der Waals surface area (Å²) < 4.78 is 0. The molecule has 1 atom stereocenters. The summed E-state index contributed by atoms with van der Waals surface area (Å²) in [4.78, 5) is 0. The Hall–Kier alpha value is -0.480. The van der Waals surface area contributed by atoms with Gasteiger partial charge in [0.1, 0.15) is 10.0 Å². The largest absolute Gasteiger partial charge is 0.322 e. The Morgan fingerprint density at radius 3 is 2.62 bits per heavy atom. The lowest BCUT2D eigenvalue weighted by atomic mass is 9.76. The minimum Gasteiger partial charge on any atom is -0.322 e. The summed E-state index contributed by atoms with van der Waals surface area (Å²) in [6.45, 7) is 4.42. The molecule has 1 saturated carbocycles. The van der Waals surface area contributed by atoms with Crippen LogP contribution in [-0.4, -0.2) is 10.2 Å². The molecule has 90 valence electrons. The standard InChI is InChI=1S/C12H21N3S/c1-3-9(13)10-14-15-11(16-10)12(2)7-5-4-6-8-12/h9H,3-8,13H2,1-2H3. The van der Waals surface area contributed by atoms with Gasteiger partial charge in [-0.25, -0.2) is 0 Å². The van der Waals surface area contributed by atoms with E-state index in [1.165, 1.54) is 37.1 Å². The molecule has 0 amide bonds. The molecule has 1 aliphatic rings. The Labute approximate surface area is 101 Å². The number of rotatable bonds is 3. The van der Waals surface area contributed by atoms with Gasteiger partial charge in [-0.1, -0.05) is 44.4 Å². The minimum absolute atomic E-state index is 0.0680. The smallest absolute Gasteiger partial charge is 0.134 e. The zero-order valence-electron chi connectivity index (χ0n) is 10.2. The van der Waals surface area contributed by atoms with Gasteiger partial charge in [0.15, 0.2) is 0 Å². The van der Waals surface area contributed by atoms with Crippen molar-refractivity contribution in [1.82, 2.24) is 10.2 Å². The van der Waals surface area contributed by atoms with Crippen LogP contribution in [0.5, 0.6) is 0 Å². The maximum atomic E-state index is 5.99. The van der Waals surface area contributed by atoms with Crippen molar-refractivity contribution in [1.29, 1.82) is 0 Å². The highest BCUT2D eigenvalue weighted by Crippen LogP contribution is 2.40. The van der Waals surface area contributed by atoms with E-state index >= 15 is 0 Å². The van der Waals surface area contributed by atoms with E-state index in [2.05, 4.69) is 24.0 Å². The third-order valence-electron chi connectivity index (χ3n) is 3.67. The molecule has 1 fully saturated rings. The highest BCUT2D eigenvalue weighted by molar-refractivity contribution is 7.11. The summed E-state index contributed by atoms with van der Waals surface area (Å²) >= 11 is 1.72. The first-order valence-electron chi connectivity index (χ1n) is 6.25. The first kappa shape index (κ1) is 12.0. The topological polar surface area (TPSA) is 51.8 Å². The van der Waals surface area contributed by atoms with Gasteiger partial charge in [-0.05, 0) is 19.3 Å². The van der Waals surface area contributed by atoms with Gasteiger partial charge in [0.05, 0.1) is 6.04 Å². The fourth-order valence-corrected chi connectivity index (χ4v) is 3.48. The summed E-state index contributed by atoms with van der Waals surface area (Å²) in [6, 6.07) is 0.0680. The second kappa shape index (κ2) is 4.80. The van der Waals surface area contributed by atoms with Gasteiger partial charge in [0, 0.05) is 5.41 Å². The molecule has 16 heavy (non-hydrogen) atoms. The second-order valence-electron chi connectivity index (χ2n) is 5.08. The predicted octanol–water partition coefficient (Wildman–Crippen LogP) is 3.17. The summed E-state index contributed by atoms with van der Waals surface area (Å²) in [5.41, 5.74) is 6.25. The molecule has 1 aliphatic carbocycles. The molecule has 0 aromatic carbocycles. The molecule has 2 rings (SSSR count). The molecular weight excluding hydrogens is 218 g/mol. The summed E-state index contributed by atoms with van der Waals surface area (Å²) in [5.74, 6) is 0. The van der Waals surface area contributed by atoms with Crippen molar-refractivity contribution in [2.24, 2.45) is 5.73 Å². The molecule has 0 aliphatic heterocycles. The van der Waals surface area contributed by atoms with Gasteiger partial charge >= 0.3 is 0 Å².